The second-order valence-corrected chi connectivity index (χ2v) is 6.04. The third kappa shape index (κ3) is 2.85. The molecular formula is C20H15FN2O4. The van der Waals surface area contributed by atoms with Crippen molar-refractivity contribution in [2.24, 2.45) is 5.92 Å². The topological polar surface area (TPSA) is 68.0 Å². The fraction of sp³-hybridized carbons (Fsp3) is 0.200. The zero-order valence-corrected chi connectivity index (χ0v) is 14.4. The van der Waals surface area contributed by atoms with Gasteiger partial charge in [-0.05, 0) is 18.2 Å². The molecule has 1 aliphatic heterocycles. The van der Waals surface area contributed by atoms with Crippen molar-refractivity contribution < 1.29 is 23.5 Å². The van der Waals surface area contributed by atoms with E-state index in [2.05, 4.69) is 4.85 Å². The van der Waals surface area contributed by atoms with Crippen LogP contribution in [0.2, 0.25) is 0 Å². The highest BCUT2D eigenvalue weighted by molar-refractivity contribution is 6.22. The van der Waals surface area contributed by atoms with Crippen LogP contribution in [-0.4, -0.2) is 24.9 Å². The van der Waals surface area contributed by atoms with E-state index >= 15 is 0 Å². The molecule has 0 bridgehead atoms. The smallest absolute Gasteiger partial charge is 0.399 e. The maximum absolute atomic E-state index is 13.5. The molecule has 3 rings (SSSR count). The number of benzene rings is 2. The molecule has 2 aromatic rings. The third-order valence-electron chi connectivity index (χ3n) is 4.60. The lowest BCUT2D eigenvalue weighted by Gasteiger charge is -2.24. The monoisotopic (exact) mass is 366 g/mol. The van der Waals surface area contributed by atoms with Crippen molar-refractivity contribution in [3.8, 4) is 0 Å². The Labute approximate surface area is 155 Å². The van der Waals surface area contributed by atoms with Crippen LogP contribution in [0.1, 0.15) is 12.0 Å². The van der Waals surface area contributed by atoms with Crippen molar-refractivity contribution in [2.75, 3.05) is 12.0 Å². The van der Waals surface area contributed by atoms with E-state index in [1.807, 2.05) is 0 Å². The van der Waals surface area contributed by atoms with E-state index in [1.165, 1.54) is 30.3 Å². The molecule has 2 aromatic carbocycles. The minimum Gasteiger partial charge on any atom is -0.463 e. The van der Waals surface area contributed by atoms with Gasteiger partial charge in [-0.1, -0.05) is 36.4 Å². The highest BCUT2D eigenvalue weighted by Gasteiger charge is 2.63. The van der Waals surface area contributed by atoms with Crippen LogP contribution in [0, 0.1) is 18.3 Å². The zero-order valence-electron chi connectivity index (χ0n) is 14.4. The number of hydrogen-bond donors (Lipinski definition) is 0. The number of carbonyl (C=O) groups excluding carboxylic acids is 3. The van der Waals surface area contributed by atoms with Crippen LogP contribution in [0.25, 0.3) is 4.85 Å². The fourth-order valence-corrected chi connectivity index (χ4v) is 3.34. The highest BCUT2D eigenvalue weighted by Crippen LogP contribution is 2.43. The number of halogens is 1. The Morgan fingerprint density at radius 2 is 1.93 bits per heavy atom. The van der Waals surface area contributed by atoms with Gasteiger partial charge >= 0.3 is 11.5 Å². The van der Waals surface area contributed by atoms with E-state index < -0.39 is 35.1 Å². The van der Waals surface area contributed by atoms with Gasteiger partial charge in [0, 0.05) is 12.0 Å². The van der Waals surface area contributed by atoms with E-state index in [4.69, 9.17) is 11.3 Å². The third-order valence-corrected chi connectivity index (χ3v) is 4.60. The lowest BCUT2D eigenvalue weighted by molar-refractivity contribution is -0.149. The van der Waals surface area contributed by atoms with E-state index in [0.717, 1.165) is 18.1 Å². The molecule has 1 heterocycles. The summed E-state index contributed by atoms with van der Waals surface area (Å²) in [5.74, 6) is -4.15. The summed E-state index contributed by atoms with van der Waals surface area (Å²) in [5, 5.41) is 0. The first-order chi connectivity index (χ1) is 13.0. The molecule has 0 aromatic heterocycles. The molecule has 27 heavy (non-hydrogen) atoms. The van der Waals surface area contributed by atoms with Crippen LogP contribution in [0.4, 0.5) is 10.1 Å². The first-order valence-corrected chi connectivity index (χ1v) is 8.10. The standard InChI is InChI=1S/C20H15FN2O4/c1-22-20(19(26)27-2,13-7-4-3-5-8-13)16-12-17(24)23(18(16)25)15-10-6-9-14(21)11-15/h3-11,16H,12H2,2H3/t16-,20+/m0/s1. The minimum atomic E-state index is -2.00. The number of nitrogens with zero attached hydrogens (tertiary/aromatic N) is 2. The molecule has 0 spiro atoms. The number of rotatable bonds is 4. The van der Waals surface area contributed by atoms with Crippen LogP contribution in [0.5, 0.6) is 0 Å². The largest absolute Gasteiger partial charge is 0.463 e. The maximum Gasteiger partial charge on any atom is 0.399 e. The van der Waals surface area contributed by atoms with Gasteiger partial charge in [0.2, 0.25) is 11.8 Å². The van der Waals surface area contributed by atoms with Gasteiger partial charge in [-0.15, -0.1) is 0 Å². The predicted molar refractivity (Wildman–Crippen MR) is 93.7 cm³/mol. The molecule has 0 radical (unpaired) electrons. The van der Waals surface area contributed by atoms with Crippen LogP contribution in [-0.2, 0) is 24.7 Å². The quantitative estimate of drug-likeness (QED) is 0.474. The van der Waals surface area contributed by atoms with Crippen molar-refractivity contribution in [1.29, 1.82) is 0 Å². The first-order valence-electron chi connectivity index (χ1n) is 8.10. The Balaban J connectivity index is 2.12. The summed E-state index contributed by atoms with van der Waals surface area (Å²) in [6, 6.07) is 13.1. The Hall–Kier alpha value is -3.53. The van der Waals surface area contributed by atoms with Crippen LogP contribution >= 0.6 is 0 Å². The van der Waals surface area contributed by atoms with Gasteiger partial charge in [-0.3, -0.25) is 14.4 Å². The summed E-state index contributed by atoms with van der Waals surface area (Å²) in [7, 11) is 1.12. The summed E-state index contributed by atoms with van der Waals surface area (Å²) >= 11 is 0. The normalized spacial score (nSPS) is 18.7. The molecule has 0 aliphatic carbocycles. The van der Waals surface area contributed by atoms with Gasteiger partial charge in [-0.2, -0.15) is 0 Å². The minimum absolute atomic E-state index is 0.0595. The van der Waals surface area contributed by atoms with E-state index in [1.54, 1.807) is 18.2 Å². The average Bonchev–Trinajstić information content (AvgIpc) is 2.98. The summed E-state index contributed by atoms with van der Waals surface area (Å²) in [4.78, 5) is 42.5. The SMILES string of the molecule is [C-]#[N+][C@](C(=O)OC)(c1ccccc1)[C@H]1CC(=O)N(c2cccc(F)c2)C1=O. The van der Waals surface area contributed by atoms with E-state index in [0.29, 0.717) is 0 Å². The number of anilines is 1. The molecule has 1 saturated heterocycles. The second-order valence-electron chi connectivity index (χ2n) is 6.04. The Kier molecular flexibility index (Phi) is 4.74. The van der Waals surface area contributed by atoms with Crippen LogP contribution < -0.4 is 4.90 Å². The fourth-order valence-electron chi connectivity index (χ4n) is 3.34. The summed E-state index contributed by atoms with van der Waals surface area (Å²) in [6.07, 6.45) is -0.359. The van der Waals surface area contributed by atoms with Crippen molar-refractivity contribution in [1.82, 2.24) is 0 Å². The molecule has 0 saturated carbocycles. The molecule has 1 aliphatic rings. The van der Waals surface area contributed by atoms with Crippen molar-refractivity contribution in [3.63, 3.8) is 0 Å². The lowest BCUT2D eigenvalue weighted by Crippen LogP contribution is -2.45. The number of hydrogen-bond acceptors (Lipinski definition) is 4. The predicted octanol–water partition coefficient (Wildman–Crippen LogP) is 2.69. The number of imide groups is 1. The molecule has 2 amide bonds. The van der Waals surface area contributed by atoms with Crippen molar-refractivity contribution in [2.45, 2.75) is 12.0 Å². The van der Waals surface area contributed by atoms with Crippen LogP contribution in [0.15, 0.2) is 54.6 Å². The van der Waals surface area contributed by atoms with Crippen molar-refractivity contribution >= 4 is 23.5 Å². The molecule has 136 valence electrons. The van der Waals surface area contributed by atoms with Crippen LogP contribution in [0.3, 0.4) is 0 Å². The first kappa shape index (κ1) is 18.3. The van der Waals surface area contributed by atoms with Gasteiger partial charge in [0.05, 0.1) is 12.8 Å². The van der Waals surface area contributed by atoms with E-state index in [9.17, 15) is 18.8 Å². The molecule has 1 fully saturated rings. The number of esters is 1. The second kappa shape index (κ2) is 7.00. The summed E-state index contributed by atoms with van der Waals surface area (Å²) in [6.45, 7) is 7.69. The number of methoxy groups -OCH3 is 1. The maximum atomic E-state index is 13.5. The lowest BCUT2D eigenvalue weighted by atomic mass is 9.77. The van der Waals surface area contributed by atoms with Gasteiger partial charge < -0.3 is 4.74 Å². The Bertz CT molecular complexity index is 954. The van der Waals surface area contributed by atoms with Gasteiger partial charge in [0.25, 0.3) is 0 Å². The Morgan fingerprint density at radius 1 is 1.22 bits per heavy atom. The molecule has 0 N–H and O–H groups in total. The molecule has 6 nitrogen and oxygen atoms in total. The number of carbonyl (C=O) groups is 3. The van der Waals surface area contributed by atoms with Gasteiger partial charge in [0.15, 0.2) is 0 Å². The number of ether oxygens (including phenoxy) is 1. The molecule has 7 heteroatoms. The van der Waals surface area contributed by atoms with Crippen molar-refractivity contribution in [3.05, 3.63) is 77.4 Å². The summed E-state index contributed by atoms with van der Waals surface area (Å²) in [5.41, 5.74) is -1.67. The van der Waals surface area contributed by atoms with E-state index in [-0.39, 0.29) is 17.7 Å². The number of amides is 2. The molecule has 2 atom stereocenters. The Morgan fingerprint density at radius 3 is 2.52 bits per heavy atom. The highest BCUT2D eigenvalue weighted by atomic mass is 19.1. The summed E-state index contributed by atoms with van der Waals surface area (Å²) < 4.78 is 18.4. The average molecular weight is 366 g/mol. The zero-order chi connectivity index (χ0) is 19.6. The van der Waals surface area contributed by atoms with Gasteiger partial charge in [0.1, 0.15) is 11.7 Å². The molecular weight excluding hydrogens is 351 g/mol. The van der Waals surface area contributed by atoms with Gasteiger partial charge in [-0.25, -0.2) is 20.7 Å². The molecule has 0 unspecified atom stereocenters.